The molecule has 9 heteroatoms. The molecular weight excluding hydrogens is 352 g/mol. The molecule has 0 N–H and O–H groups in total. The first-order valence-electron chi connectivity index (χ1n) is 6.95. The van der Waals surface area contributed by atoms with Crippen LogP contribution in [0.1, 0.15) is 17.3 Å². The monoisotopic (exact) mass is 368 g/mol. The summed E-state index contributed by atoms with van der Waals surface area (Å²) in [5, 5.41) is 0. The van der Waals surface area contributed by atoms with Crippen molar-refractivity contribution in [3.63, 3.8) is 0 Å². The van der Waals surface area contributed by atoms with Crippen molar-refractivity contribution in [2.24, 2.45) is 0 Å². The van der Waals surface area contributed by atoms with Gasteiger partial charge in [0.1, 0.15) is 5.56 Å². The van der Waals surface area contributed by atoms with Crippen molar-refractivity contribution >= 4 is 41.5 Å². The molecule has 1 amide bonds. The van der Waals surface area contributed by atoms with E-state index in [1.165, 1.54) is 44.3 Å². The zero-order chi connectivity index (χ0) is 17.7. The van der Waals surface area contributed by atoms with Crippen LogP contribution in [0.15, 0.2) is 35.3 Å². The van der Waals surface area contributed by atoms with Gasteiger partial charge in [-0.2, -0.15) is 3.71 Å². The fourth-order valence-electron chi connectivity index (χ4n) is 2.01. The number of esters is 1. The number of pyridine rings is 2. The highest BCUT2D eigenvalue weighted by Crippen LogP contribution is 2.23. The first kappa shape index (κ1) is 18.2. The van der Waals surface area contributed by atoms with Gasteiger partial charge in [-0.3, -0.25) is 9.20 Å². The van der Waals surface area contributed by atoms with Crippen LogP contribution in [0.2, 0.25) is 0 Å². The van der Waals surface area contributed by atoms with Crippen LogP contribution in [0.3, 0.4) is 0 Å². The van der Waals surface area contributed by atoms with Gasteiger partial charge in [0, 0.05) is 18.7 Å². The Hall–Kier alpha value is -2.13. The number of carbonyl (C=O) groups excluding carboxylic acids is 2. The highest BCUT2D eigenvalue weighted by Gasteiger charge is 2.18. The van der Waals surface area contributed by atoms with Crippen molar-refractivity contribution in [3.8, 4) is 5.75 Å². The number of nitrogens with zero attached hydrogens (tertiary/aromatic N) is 2. The Morgan fingerprint density at radius 1 is 1.21 bits per heavy atom. The van der Waals surface area contributed by atoms with E-state index in [-0.39, 0.29) is 17.9 Å². The van der Waals surface area contributed by atoms with Gasteiger partial charge in [-0.1, -0.05) is 0 Å². The molecule has 0 aliphatic heterocycles. The van der Waals surface area contributed by atoms with E-state index in [0.29, 0.717) is 5.52 Å². The summed E-state index contributed by atoms with van der Waals surface area (Å²) in [4.78, 5) is 36.3. The third-order valence-electron chi connectivity index (χ3n) is 3.03. The molecule has 2 heterocycles. The summed E-state index contributed by atoms with van der Waals surface area (Å²) >= 11 is 2.42. The molecule has 0 unspecified atom stereocenters. The Labute approximate surface area is 147 Å². The third-order valence-corrected chi connectivity index (χ3v) is 4.88. The molecule has 0 atom stereocenters. The molecule has 0 saturated carbocycles. The zero-order valence-electron chi connectivity index (χ0n) is 13.3. The molecule has 0 bridgehead atoms. The van der Waals surface area contributed by atoms with Crippen LogP contribution in [0, 0.1) is 0 Å². The van der Waals surface area contributed by atoms with Crippen LogP contribution in [0.5, 0.6) is 5.75 Å². The summed E-state index contributed by atoms with van der Waals surface area (Å²) in [7, 11) is 0. The summed E-state index contributed by atoms with van der Waals surface area (Å²) in [6, 6.07) is 6.05. The van der Waals surface area contributed by atoms with Gasteiger partial charge in [0.05, 0.1) is 12.1 Å². The number of fused-ring (bicyclic) bond motifs is 1. The fourth-order valence-corrected chi connectivity index (χ4v) is 2.98. The van der Waals surface area contributed by atoms with Crippen molar-refractivity contribution in [1.29, 1.82) is 0 Å². The van der Waals surface area contributed by atoms with Crippen LogP contribution in [0.25, 0.3) is 5.52 Å². The van der Waals surface area contributed by atoms with Gasteiger partial charge < -0.3 is 9.47 Å². The SMILES string of the molecule is CCOC(=O)c1ccc2c(OC(=O)N(SC)SC)cccn2c1=O. The maximum atomic E-state index is 12.4. The van der Waals surface area contributed by atoms with Gasteiger partial charge >= 0.3 is 12.1 Å². The predicted molar refractivity (Wildman–Crippen MR) is 94.5 cm³/mol. The average Bonchev–Trinajstić information content (AvgIpc) is 2.57. The van der Waals surface area contributed by atoms with Gasteiger partial charge in [-0.25, -0.2) is 9.59 Å². The van der Waals surface area contributed by atoms with Crippen LogP contribution in [-0.4, -0.2) is 39.3 Å². The summed E-state index contributed by atoms with van der Waals surface area (Å²) in [6.07, 6.45) is 4.43. The lowest BCUT2D eigenvalue weighted by molar-refractivity contribution is 0.0524. The topological polar surface area (TPSA) is 77.3 Å². The number of ether oxygens (including phenoxy) is 2. The second-order valence-electron chi connectivity index (χ2n) is 4.39. The molecule has 0 aromatic carbocycles. The second kappa shape index (κ2) is 8.11. The standard InChI is InChI=1S/C15H16N2O5S2/c1-4-21-14(19)10-7-8-11-12(6-5-9-16(11)13(10)18)22-15(20)17(23-2)24-3/h5-9H,4H2,1-3H3. The minimum Gasteiger partial charge on any atom is -0.462 e. The fraction of sp³-hybridized carbons (Fsp3) is 0.267. The molecule has 0 saturated heterocycles. The quantitative estimate of drug-likeness (QED) is 0.593. The molecule has 7 nitrogen and oxygen atoms in total. The van der Waals surface area contributed by atoms with E-state index in [4.69, 9.17) is 9.47 Å². The van der Waals surface area contributed by atoms with E-state index < -0.39 is 17.6 Å². The molecule has 2 rings (SSSR count). The van der Waals surface area contributed by atoms with Crippen molar-refractivity contribution in [1.82, 2.24) is 8.11 Å². The van der Waals surface area contributed by atoms with E-state index in [1.54, 1.807) is 37.6 Å². The number of rotatable bonds is 5. The molecule has 0 fully saturated rings. The Balaban J connectivity index is 2.44. The highest BCUT2D eigenvalue weighted by atomic mass is 32.2. The maximum absolute atomic E-state index is 12.4. The number of aromatic nitrogens is 1. The smallest absolute Gasteiger partial charge is 0.435 e. The van der Waals surface area contributed by atoms with Crippen molar-refractivity contribution in [2.75, 3.05) is 19.1 Å². The lowest BCUT2D eigenvalue weighted by atomic mass is 10.2. The van der Waals surface area contributed by atoms with Crippen LogP contribution in [0.4, 0.5) is 4.79 Å². The van der Waals surface area contributed by atoms with E-state index in [0.717, 1.165) is 0 Å². The lowest BCUT2D eigenvalue weighted by Crippen LogP contribution is -2.24. The Kier molecular flexibility index (Phi) is 6.16. The molecule has 0 radical (unpaired) electrons. The molecule has 0 aliphatic rings. The van der Waals surface area contributed by atoms with Gasteiger partial charge in [-0.15, -0.1) is 0 Å². The largest absolute Gasteiger partial charge is 0.462 e. The summed E-state index contributed by atoms with van der Waals surface area (Å²) in [5.41, 5.74) is -0.228. The van der Waals surface area contributed by atoms with Crippen molar-refractivity contribution in [2.45, 2.75) is 6.92 Å². The number of hydrogen-bond acceptors (Lipinski definition) is 7. The molecule has 0 aliphatic carbocycles. The minimum absolute atomic E-state index is 0.0762. The average molecular weight is 368 g/mol. The number of amides is 1. The van der Waals surface area contributed by atoms with Crippen LogP contribution < -0.4 is 10.3 Å². The normalized spacial score (nSPS) is 10.5. The van der Waals surface area contributed by atoms with Crippen LogP contribution in [-0.2, 0) is 4.74 Å². The second-order valence-corrected chi connectivity index (χ2v) is 6.08. The van der Waals surface area contributed by atoms with Gasteiger partial charge in [0.15, 0.2) is 5.75 Å². The summed E-state index contributed by atoms with van der Waals surface area (Å²) < 4.78 is 12.8. The number of carbonyl (C=O) groups is 2. The molecule has 2 aromatic rings. The zero-order valence-corrected chi connectivity index (χ0v) is 15.0. The van der Waals surface area contributed by atoms with E-state index in [9.17, 15) is 14.4 Å². The summed E-state index contributed by atoms with van der Waals surface area (Å²) in [5.74, 6) is -0.460. The van der Waals surface area contributed by atoms with E-state index in [2.05, 4.69) is 0 Å². The van der Waals surface area contributed by atoms with Crippen LogP contribution >= 0.6 is 23.9 Å². The van der Waals surface area contributed by atoms with Gasteiger partial charge in [-0.05, 0) is 55.1 Å². The third kappa shape index (κ3) is 3.68. The molecule has 128 valence electrons. The Morgan fingerprint density at radius 3 is 2.54 bits per heavy atom. The van der Waals surface area contributed by atoms with Crippen molar-refractivity contribution < 1.29 is 19.1 Å². The molecular formula is C15H16N2O5S2. The predicted octanol–water partition coefficient (Wildman–Crippen LogP) is 2.83. The first-order chi connectivity index (χ1) is 11.5. The molecule has 0 spiro atoms. The van der Waals surface area contributed by atoms with E-state index >= 15 is 0 Å². The number of hydrogen-bond donors (Lipinski definition) is 0. The molecule has 2 aromatic heterocycles. The van der Waals surface area contributed by atoms with E-state index in [1.807, 2.05) is 0 Å². The van der Waals surface area contributed by atoms with Crippen molar-refractivity contribution in [3.05, 3.63) is 46.4 Å². The Morgan fingerprint density at radius 2 is 1.92 bits per heavy atom. The molecule has 24 heavy (non-hydrogen) atoms. The summed E-state index contributed by atoms with van der Waals surface area (Å²) in [6.45, 7) is 1.84. The Bertz CT molecular complexity index is 817. The first-order valence-corrected chi connectivity index (χ1v) is 9.31. The van der Waals surface area contributed by atoms with Gasteiger partial charge in [0.2, 0.25) is 0 Å². The minimum atomic E-state index is -0.685. The maximum Gasteiger partial charge on any atom is 0.435 e. The highest BCUT2D eigenvalue weighted by molar-refractivity contribution is 8.12. The van der Waals surface area contributed by atoms with Gasteiger partial charge in [0.25, 0.3) is 5.56 Å². The lowest BCUT2D eigenvalue weighted by Gasteiger charge is -2.16.